The Hall–Kier alpha value is -2.69. The first kappa shape index (κ1) is 18.1. The standard InChI is InChI=1S/C19H19N3O3S/c20-14-15-5-4-8-17(13-15)26(24,25)22-11-9-19(10-12-22,18(21)23)16-6-2-1-3-7-16/h1-8,13H,9-12H2,(H2,21,23). The molecule has 1 aliphatic heterocycles. The van der Waals surface area contributed by atoms with E-state index in [1.165, 1.54) is 16.4 Å². The van der Waals surface area contributed by atoms with Crippen LogP contribution in [-0.2, 0) is 20.2 Å². The molecule has 0 aromatic heterocycles. The van der Waals surface area contributed by atoms with Gasteiger partial charge in [-0.1, -0.05) is 36.4 Å². The summed E-state index contributed by atoms with van der Waals surface area (Å²) < 4.78 is 27.1. The highest BCUT2D eigenvalue weighted by Gasteiger charge is 2.43. The van der Waals surface area contributed by atoms with Crippen molar-refractivity contribution in [2.75, 3.05) is 13.1 Å². The molecule has 2 aromatic rings. The summed E-state index contributed by atoms with van der Waals surface area (Å²) in [6.45, 7) is 0.383. The maximum atomic E-state index is 12.9. The molecular formula is C19H19N3O3S. The summed E-state index contributed by atoms with van der Waals surface area (Å²) in [7, 11) is -3.72. The van der Waals surface area contributed by atoms with E-state index < -0.39 is 21.3 Å². The molecule has 1 fully saturated rings. The third-order valence-electron chi connectivity index (χ3n) is 4.97. The molecule has 0 unspecified atom stereocenters. The second kappa shape index (κ2) is 6.90. The molecule has 0 aliphatic carbocycles. The maximum absolute atomic E-state index is 12.9. The summed E-state index contributed by atoms with van der Waals surface area (Å²) in [6, 6.07) is 17.1. The lowest BCUT2D eigenvalue weighted by molar-refractivity contribution is -0.125. The Labute approximate surface area is 152 Å². The number of benzene rings is 2. The minimum absolute atomic E-state index is 0.0860. The number of hydrogen-bond donors (Lipinski definition) is 1. The highest BCUT2D eigenvalue weighted by atomic mass is 32.2. The number of amides is 1. The molecule has 0 saturated carbocycles. The quantitative estimate of drug-likeness (QED) is 0.887. The molecule has 134 valence electrons. The van der Waals surface area contributed by atoms with Gasteiger partial charge in [-0.25, -0.2) is 8.42 Å². The molecule has 2 aromatic carbocycles. The van der Waals surface area contributed by atoms with Crippen LogP contribution in [-0.4, -0.2) is 31.7 Å². The molecule has 6 nitrogen and oxygen atoms in total. The molecule has 2 N–H and O–H groups in total. The van der Waals surface area contributed by atoms with Gasteiger partial charge in [-0.15, -0.1) is 0 Å². The highest BCUT2D eigenvalue weighted by molar-refractivity contribution is 7.89. The molecule has 1 heterocycles. The first-order chi connectivity index (χ1) is 12.4. The number of sulfonamides is 1. The van der Waals surface area contributed by atoms with E-state index in [0.717, 1.165) is 5.56 Å². The van der Waals surface area contributed by atoms with Gasteiger partial charge in [0.25, 0.3) is 0 Å². The van der Waals surface area contributed by atoms with E-state index in [1.54, 1.807) is 12.1 Å². The smallest absolute Gasteiger partial charge is 0.243 e. The number of primary amides is 1. The van der Waals surface area contributed by atoms with Gasteiger partial charge in [0.05, 0.1) is 21.9 Å². The predicted octanol–water partition coefficient (Wildman–Crippen LogP) is 1.77. The molecule has 1 saturated heterocycles. The van der Waals surface area contributed by atoms with E-state index in [-0.39, 0.29) is 18.0 Å². The topological polar surface area (TPSA) is 104 Å². The number of carbonyl (C=O) groups is 1. The Kier molecular flexibility index (Phi) is 4.81. The number of carbonyl (C=O) groups excluding carboxylic acids is 1. The first-order valence-electron chi connectivity index (χ1n) is 8.26. The minimum atomic E-state index is -3.72. The highest BCUT2D eigenvalue weighted by Crippen LogP contribution is 2.37. The zero-order valence-corrected chi connectivity index (χ0v) is 14.9. The third kappa shape index (κ3) is 3.09. The van der Waals surface area contributed by atoms with Crippen molar-refractivity contribution in [3.63, 3.8) is 0 Å². The summed E-state index contributed by atoms with van der Waals surface area (Å²) in [5.41, 5.74) is 5.94. The van der Waals surface area contributed by atoms with Crippen molar-refractivity contribution in [3.05, 3.63) is 65.7 Å². The predicted molar refractivity (Wildman–Crippen MR) is 96.5 cm³/mol. The molecule has 0 atom stereocenters. The van der Waals surface area contributed by atoms with Gasteiger partial charge >= 0.3 is 0 Å². The van der Waals surface area contributed by atoms with Crippen molar-refractivity contribution >= 4 is 15.9 Å². The monoisotopic (exact) mass is 369 g/mol. The summed E-state index contributed by atoms with van der Waals surface area (Å²) >= 11 is 0. The Morgan fingerprint density at radius 1 is 1.08 bits per heavy atom. The van der Waals surface area contributed by atoms with E-state index in [1.807, 2.05) is 36.4 Å². The van der Waals surface area contributed by atoms with Crippen molar-refractivity contribution in [2.45, 2.75) is 23.2 Å². The van der Waals surface area contributed by atoms with Gasteiger partial charge in [-0.2, -0.15) is 9.57 Å². The van der Waals surface area contributed by atoms with E-state index >= 15 is 0 Å². The van der Waals surface area contributed by atoms with Gasteiger partial charge in [-0.3, -0.25) is 4.79 Å². The van der Waals surface area contributed by atoms with Gasteiger partial charge in [0.2, 0.25) is 15.9 Å². The molecule has 1 amide bonds. The molecular weight excluding hydrogens is 350 g/mol. The van der Waals surface area contributed by atoms with E-state index in [4.69, 9.17) is 11.0 Å². The molecule has 0 radical (unpaired) electrons. The average molecular weight is 369 g/mol. The lowest BCUT2D eigenvalue weighted by Gasteiger charge is -2.39. The SMILES string of the molecule is N#Cc1cccc(S(=O)(=O)N2CCC(C(N)=O)(c3ccccc3)CC2)c1. The van der Waals surface area contributed by atoms with Gasteiger partial charge in [0.1, 0.15) is 0 Å². The van der Waals surface area contributed by atoms with Crippen LogP contribution in [0.3, 0.4) is 0 Å². The summed E-state index contributed by atoms with van der Waals surface area (Å²) in [6.07, 6.45) is 0.646. The zero-order chi connectivity index (χ0) is 18.8. The van der Waals surface area contributed by atoms with Crippen LogP contribution in [0.5, 0.6) is 0 Å². The van der Waals surface area contributed by atoms with E-state index in [9.17, 15) is 13.2 Å². The van der Waals surface area contributed by atoms with Crippen LogP contribution in [0.4, 0.5) is 0 Å². The van der Waals surface area contributed by atoms with Gasteiger partial charge in [0, 0.05) is 13.1 Å². The van der Waals surface area contributed by atoms with Crippen molar-refractivity contribution in [1.82, 2.24) is 4.31 Å². The van der Waals surface area contributed by atoms with Crippen LogP contribution in [0.15, 0.2) is 59.5 Å². The summed E-state index contributed by atoms with van der Waals surface area (Å²) in [5.74, 6) is -0.438. The lowest BCUT2D eigenvalue weighted by Crippen LogP contribution is -2.51. The molecule has 1 aliphatic rings. The van der Waals surface area contributed by atoms with Crippen LogP contribution < -0.4 is 5.73 Å². The number of nitrogens with zero attached hydrogens (tertiary/aromatic N) is 2. The van der Waals surface area contributed by atoms with Crippen molar-refractivity contribution in [3.8, 4) is 6.07 Å². The maximum Gasteiger partial charge on any atom is 0.243 e. The van der Waals surface area contributed by atoms with Crippen LogP contribution in [0.25, 0.3) is 0 Å². The normalized spacial score (nSPS) is 17.3. The first-order valence-corrected chi connectivity index (χ1v) is 9.70. The molecule has 7 heteroatoms. The number of nitriles is 1. The fraction of sp³-hybridized carbons (Fsp3) is 0.263. The summed E-state index contributed by atoms with van der Waals surface area (Å²) in [5, 5.41) is 8.98. The van der Waals surface area contributed by atoms with Gasteiger partial charge in [-0.05, 0) is 36.6 Å². The number of piperidine rings is 1. The second-order valence-corrected chi connectivity index (χ2v) is 8.29. The Morgan fingerprint density at radius 2 is 1.73 bits per heavy atom. The van der Waals surface area contributed by atoms with E-state index in [2.05, 4.69) is 0 Å². The Morgan fingerprint density at radius 3 is 2.31 bits per heavy atom. The Balaban J connectivity index is 1.87. The zero-order valence-electron chi connectivity index (χ0n) is 14.1. The number of nitrogens with two attached hydrogens (primary N) is 1. The molecule has 0 spiro atoms. The van der Waals surface area contributed by atoms with Crippen molar-refractivity contribution in [2.24, 2.45) is 5.73 Å². The minimum Gasteiger partial charge on any atom is -0.369 e. The van der Waals surface area contributed by atoms with Gasteiger partial charge in [0.15, 0.2) is 0 Å². The molecule has 0 bridgehead atoms. The van der Waals surface area contributed by atoms with Crippen molar-refractivity contribution < 1.29 is 13.2 Å². The average Bonchev–Trinajstić information content (AvgIpc) is 2.68. The Bertz CT molecular complexity index is 957. The van der Waals surface area contributed by atoms with Gasteiger partial charge < -0.3 is 5.73 Å². The fourth-order valence-electron chi connectivity index (χ4n) is 3.42. The second-order valence-electron chi connectivity index (χ2n) is 6.36. The molecule has 3 rings (SSSR count). The van der Waals surface area contributed by atoms with Crippen LogP contribution in [0.2, 0.25) is 0 Å². The molecule has 26 heavy (non-hydrogen) atoms. The number of rotatable bonds is 4. The lowest BCUT2D eigenvalue weighted by atomic mass is 9.72. The third-order valence-corrected chi connectivity index (χ3v) is 6.87. The van der Waals surface area contributed by atoms with Crippen molar-refractivity contribution in [1.29, 1.82) is 5.26 Å². The van der Waals surface area contributed by atoms with Crippen LogP contribution >= 0.6 is 0 Å². The van der Waals surface area contributed by atoms with Crippen LogP contribution in [0, 0.1) is 11.3 Å². The number of hydrogen-bond acceptors (Lipinski definition) is 4. The van der Waals surface area contributed by atoms with Crippen LogP contribution in [0.1, 0.15) is 24.0 Å². The largest absolute Gasteiger partial charge is 0.369 e. The summed E-state index contributed by atoms with van der Waals surface area (Å²) in [4.78, 5) is 12.3. The fourth-order valence-corrected chi connectivity index (χ4v) is 4.91. The van der Waals surface area contributed by atoms with E-state index in [0.29, 0.717) is 18.4 Å².